The zero-order valence-corrected chi connectivity index (χ0v) is 15.6. The number of amides is 2. The van der Waals surface area contributed by atoms with Gasteiger partial charge in [0.15, 0.2) is 0 Å². The topological polar surface area (TPSA) is 77.9 Å². The molecule has 1 heterocycles. The zero-order valence-electron chi connectivity index (χ0n) is 15.6. The molecule has 0 spiro atoms. The molecule has 1 aromatic rings. The van der Waals surface area contributed by atoms with E-state index in [0.717, 1.165) is 24.9 Å². The van der Waals surface area contributed by atoms with E-state index in [2.05, 4.69) is 6.92 Å². The van der Waals surface area contributed by atoms with Crippen molar-refractivity contribution in [2.24, 2.45) is 5.92 Å². The van der Waals surface area contributed by atoms with Crippen LogP contribution in [0.3, 0.4) is 0 Å². The number of unbranched alkanes of at least 4 members (excludes halogenated alkanes) is 1. The summed E-state index contributed by atoms with van der Waals surface area (Å²) in [6.45, 7) is 4.10. The van der Waals surface area contributed by atoms with Gasteiger partial charge in [0.1, 0.15) is 0 Å². The fourth-order valence-electron chi connectivity index (χ4n) is 3.24. The van der Waals surface area contributed by atoms with E-state index in [9.17, 15) is 14.4 Å². The first kappa shape index (κ1) is 19.9. The van der Waals surface area contributed by atoms with E-state index in [1.54, 1.807) is 17.0 Å². The molecule has 2 amide bonds. The molecule has 0 aromatic heterocycles. The maximum Gasteiger partial charge on any atom is 0.335 e. The molecule has 1 saturated heterocycles. The third-order valence-corrected chi connectivity index (χ3v) is 4.98. The van der Waals surface area contributed by atoms with E-state index in [1.165, 1.54) is 12.1 Å². The molecular weight excluding hydrogens is 332 g/mol. The summed E-state index contributed by atoms with van der Waals surface area (Å²) in [5, 5.41) is 8.91. The molecule has 142 valence electrons. The van der Waals surface area contributed by atoms with Crippen LogP contribution in [-0.4, -0.2) is 59.4 Å². The molecule has 1 aliphatic heterocycles. The first-order valence-electron chi connectivity index (χ1n) is 9.27. The third kappa shape index (κ3) is 5.31. The molecular formula is C20H28N2O4. The molecule has 1 aromatic carbocycles. The van der Waals surface area contributed by atoms with Crippen molar-refractivity contribution in [1.82, 2.24) is 9.80 Å². The summed E-state index contributed by atoms with van der Waals surface area (Å²) in [7, 11) is 1.86. The minimum Gasteiger partial charge on any atom is -0.478 e. The molecule has 6 nitrogen and oxygen atoms in total. The summed E-state index contributed by atoms with van der Waals surface area (Å²) in [5.41, 5.74) is 1.02. The zero-order chi connectivity index (χ0) is 19.1. The highest BCUT2D eigenvalue weighted by atomic mass is 16.4. The van der Waals surface area contributed by atoms with Crippen molar-refractivity contribution < 1.29 is 19.5 Å². The van der Waals surface area contributed by atoms with Crippen LogP contribution < -0.4 is 0 Å². The van der Waals surface area contributed by atoms with Gasteiger partial charge in [-0.25, -0.2) is 4.79 Å². The second-order valence-electron chi connectivity index (χ2n) is 6.95. The van der Waals surface area contributed by atoms with Crippen molar-refractivity contribution in [3.8, 4) is 0 Å². The molecule has 26 heavy (non-hydrogen) atoms. The van der Waals surface area contributed by atoms with Gasteiger partial charge in [0.25, 0.3) is 0 Å². The summed E-state index contributed by atoms with van der Waals surface area (Å²) in [6, 6.07) is 6.39. The second-order valence-corrected chi connectivity index (χ2v) is 6.95. The Morgan fingerprint density at radius 2 is 1.77 bits per heavy atom. The Morgan fingerprint density at radius 1 is 1.15 bits per heavy atom. The lowest BCUT2D eigenvalue weighted by Crippen LogP contribution is -2.44. The summed E-state index contributed by atoms with van der Waals surface area (Å²) >= 11 is 0. The maximum atomic E-state index is 12.5. The molecule has 0 aliphatic carbocycles. The smallest absolute Gasteiger partial charge is 0.335 e. The monoisotopic (exact) mass is 360 g/mol. The summed E-state index contributed by atoms with van der Waals surface area (Å²) in [4.78, 5) is 39.4. The number of carboxylic acid groups (broad SMARTS) is 1. The average Bonchev–Trinajstić information content (AvgIpc) is 2.66. The number of hydrogen-bond acceptors (Lipinski definition) is 3. The fourth-order valence-corrected chi connectivity index (χ4v) is 3.24. The van der Waals surface area contributed by atoms with Crippen molar-refractivity contribution in [2.45, 2.75) is 39.0 Å². The minimum atomic E-state index is -0.974. The van der Waals surface area contributed by atoms with Crippen molar-refractivity contribution in [1.29, 1.82) is 0 Å². The highest BCUT2D eigenvalue weighted by molar-refractivity contribution is 5.88. The van der Waals surface area contributed by atoms with Crippen LogP contribution in [0.15, 0.2) is 24.3 Å². The van der Waals surface area contributed by atoms with Crippen LogP contribution in [-0.2, 0) is 16.0 Å². The van der Waals surface area contributed by atoms with E-state index in [0.29, 0.717) is 25.9 Å². The lowest BCUT2D eigenvalue weighted by atomic mass is 9.94. The molecule has 0 atom stereocenters. The molecule has 1 N–H and O–H groups in total. The maximum absolute atomic E-state index is 12.5. The lowest BCUT2D eigenvalue weighted by molar-refractivity contribution is -0.139. The Bertz CT molecular complexity index is 634. The fraction of sp³-hybridized carbons (Fsp3) is 0.550. The summed E-state index contributed by atoms with van der Waals surface area (Å²) in [6.07, 6.45) is 3.76. The van der Waals surface area contributed by atoms with Crippen molar-refractivity contribution >= 4 is 17.8 Å². The van der Waals surface area contributed by atoms with E-state index in [-0.39, 0.29) is 29.7 Å². The number of carboxylic acids is 1. The number of rotatable bonds is 7. The van der Waals surface area contributed by atoms with E-state index in [4.69, 9.17) is 5.11 Å². The highest BCUT2D eigenvalue weighted by Gasteiger charge is 2.28. The Labute approximate surface area is 154 Å². The van der Waals surface area contributed by atoms with E-state index >= 15 is 0 Å². The predicted octanol–water partition coefficient (Wildman–Crippen LogP) is 2.42. The molecule has 2 rings (SSSR count). The Hall–Kier alpha value is -2.37. The molecule has 0 radical (unpaired) electrons. The number of aromatic carboxylic acids is 1. The van der Waals surface area contributed by atoms with Gasteiger partial charge >= 0.3 is 5.97 Å². The Morgan fingerprint density at radius 3 is 2.31 bits per heavy atom. The molecule has 0 saturated carbocycles. The van der Waals surface area contributed by atoms with Gasteiger partial charge in [-0.3, -0.25) is 9.59 Å². The number of likely N-dealkylation sites (tertiary alicyclic amines) is 1. The van der Waals surface area contributed by atoms with Gasteiger partial charge in [0.05, 0.1) is 12.0 Å². The second kappa shape index (κ2) is 9.36. The van der Waals surface area contributed by atoms with Gasteiger partial charge in [0.2, 0.25) is 11.8 Å². The third-order valence-electron chi connectivity index (χ3n) is 4.98. The van der Waals surface area contributed by atoms with Crippen molar-refractivity contribution in [3.63, 3.8) is 0 Å². The summed E-state index contributed by atoms with van der Waals surface area (Å²) in [5.74, 6) is -0.748. The summed E-state index contributed by atoms with van der Waals surface area (Å²) < 4.78 is 0. The number of carbonyl (C=O) groups excluding carboxylic acids is 2. The largest absolute Gasteiger partial charge is 0.478 e. The normalized spacial score (nSPS) is 14.9. The molecule has 1 fully saturated rings. The van der Waals surface area contributed by atoms with Gasteiger partial charge in [-0.1, -0.05) is 25.5 Å². The van der Waals surface area contributed by atoms with Gasteiger partial charge in [-0.05, 0) is 37.0 Å². The van der Waals surface area contributed by atoms with Crippen LogP contribution in [0.4, 0.5) is 0 Å². The highest BCUT2D eigenvalue weighted by Crippen LogP contribution is 2.20. The van der Waals surface area contributed by atoms with E-state index < -0.39 is 5.97 Å². The Kier molecular flexibility index (Phi) is 7.18. The SMILES string of the molecule is CCCCN(C)C(=O)C1CCN(C(=O)Cc2ccc(C(=O)O)cc2)CC1. The molecule has 0 bridgehead atoms. The number of nitrogens with zero attached hydrogens (tertiary/aromatic N) is 2. The Balaban J connectivity index is 1.82. The standard InChI is InChI=1S/C20H28N2O4/c1-3-4-11-21(2)19(24)16-9-12-22(13-10-16)18(23)14-15-5-7-17(8-6-15)20(25)26/h5-8,16H,3-4,9-14H2,1-2H3,(H,25,26). The van der Waals surface area contributed by atoms with Crippen LogP contribution in [0, 0.1) is 5.92 Å². The van der Waals surface area contributed by atoms with Gasteiger partial charge < -0.3 is 14.9 Å². The predicted molar refractivity (Wildman–Crippen MR) is 99.0 cm³/mol. The number of hydrogen-bond donors (Lipinski definition) is 1. The van der Waals surface area contributed by atoms with Crippen LogP contribution in [0.25, 0.3) is 0 Å². The van der Waals surface area contributed by atoms with Crippen LogP contribution in [0.5, 0.6) is 0 Å². The van der Waals surface area contributed by atoms with Crippen molar-refractivity contribution in [2.75, 3.05) is 26.7 Å². The molecule has 6 heteroatoms. The van der Waals surface area contributed by atoms with Gasteiger partial charge in [-0.15, -0.1) is 0 Å². The van der Waals surface area contributed by atoms with Crippen LogP contribution >= 0.6 is 0 Å². The number of benzene rings is 1. The number of piperidine rings is 1. The van der Waals surface area contributed by atoms with E-state index in [1.807, 2.05) is 11.9 Å². The lowest BCUT2D eigenvalue weighted by Gasteiger charge is -2.33. The van der Waals surface area contributed by atoms with Gasteiger partial charge in [0, 0.05) is 32.6 Å². The van der Waals surface area contributed by atoms with Gasteiger partial charge in [-0.2, -0.15) is 0 Å². The average molecular weight is 360 g/mol. The molecule has 0 unspecified atom stereocenters. The molecule has 1 aliphatic rings. The number of carbonyl (C=O) groups is 3. The van der Waals surface area contributed by atoms with Crippen LogP contribution in [0.2, 0.25) is 0 Å². The van der Waals surface area contributed by atoms with Crippen LogP contribution in [0.1, 0.15) is 48.5 Å². The van der Waals surface area contributed by atoms with Crippen molar-refractivity contribution in [3.05, 3.63) is 35.4 Å². The first-order valence-corrected chi connectivity index (χ1v) is 9.27. The minimum absolute atomic E-state index is 0.00996. The first-order chi connectivity index (χ1) is 12.4. The quantitative estimate of drug-likeness (QED) is 0.810.